The summed E-state index contributed by atoms with van der Waals surface area (Å²) in [5.74, 6) is -1.53. The van der Waals surface area contributed by atoms with Crippen LogP contribution in [0.5, 0.6) is 11.5 Å². The molecule has 3 rings (SSSR count). The van der Waals surface area contributed by atoms with Crippen molar-refractivity contribution in [1.29, 1.82) is 0 Å². The van der Waals surface area contributed by atoms with Crippen LogP contribution in [0.25, 0.3) is 10.8 Å². The van der Waals surface area contributed by atoms with Crippen LogP contribution in [0, 0.1) is 0 Å². The van der Waals surface area contributed by atoms with Crippen LogP contribution in [0.1, 0.15) is 28.9 Å². The zero-order chi connectivity index (χ0) is 22.4. The second-order valence-corrected chi connectivity index (χ2v) is 6.68. The molecule has 0 fully saturated rings. The summed E-state index contributed by atoms with van der Waals surface area (Å²) in [4.78, 5) is 24.5. The first kappa shape index (κ1) is 22.0. The largest absolute Gasteiger partial charge is 0.493 e. The van der Waals surface area contributed by atoms with Gasteiger partial charge in [0.2, 0.25) is 0 Å². The lowest BCUT2D eigenvalue weighted by molar-refractivity contribution is -0.124. The van der Waals surface area contributed by atoms with Gasteiger partial charge in [-0.25, -0.2) is 4.79 Å². The molecule has 1 unspecified atom stereocenters. The lowest BCUT2D eigenvalue weighted by Crippen LogP contribution is -2.31. The lowest BCUT2D eigenvalue weighted by atomic mass is 10.00. The van der Waals surface area contributed by atoms with Crippen LogP contribution in [-0.4, -0.2) is 32.2 Å². The van der Waals surface area contributed by atoms with Crippen LogP contribution in [0.2, 0.25) is 0 Å². The van der Waals surface area contributed by atoms with Gasteiger partial charge in [0.1, 0.15) is 0 Å². The molecule has 162 valence electrons. The summed E-state index contributed by atoms with van der Waals surface area (Å²) in [5, 5.41) is 4.88. The third-order valence-corrected chi connectivity index (χ3v) is 4.62. The molecular weight excluding hydrogens is 408 g/mol. The average molecular weight is 429 g/mol. The van der Waals surface area contributed by atoms with Gasteiger partial charge in [0.25, 0.3) is 5.91 Å². The van der Waals surface area contributed by atoms with Crippen LogP contribution < -0.4 is 14.8 Å². The topological polar surface area (TPSA) is 73.9 Å². The molecule has 0 aliphatic rings. The molecule has 0 bridgehead atoms. The molecule has 8 heteroatoms. The number of nitrogens with one attached hydrogen (secondary N) is 1. The molecule has 0 aliphatic carbocycles. The van der Waals surface area contributed by atoms with Gasteiger partial charge >= 0.3 is 12.6 Å². The van der Waals surface area contributed by atoms with Crippen molar-refractivity contribution >= 4 is 22.6 Å². The third kappa shape index (κ3) is 5.48. The van der Waals surface area contributed by atoms with E-state index in [-0.39, 0.29) is 23.1 Å². The van der Waals surface area contributed by atoms with Crippen molar-refractivity contribution in [2.45, 2.75) is 19.6 Å². The Labute approximate surface area is 177 Å². The van der Waals surface area contributed by atoms with Gasteiger partial charge in [-0.1, -0.05) is 42.5 Å². The highest BCUT2D eigenvalue weighted by molar-refractivity contribution is 5.92. The maximum absolute atomic E-state index is 12.4. The first-order chi connectivity index (χ1) is 14.9. The molecule has 0 heterocycles. The number of ether oxygens (including phenoxy) is 3. The van der Waals surface area contributed by atoms with Crippen molar-refractivity contribution < 1.29 is 32.6 Å². The summed E-state index contributed by atoms with van der Waals surface area (Å²) in [7, 11) is 1.25. The van der Waals surface area contributed by atoms with Crippen molar-refractivity contribution in [3.05, 3.63) is 71.8 Å². The van der Waals surface area contributed by atoms with Gasteiger partial charge in [-0.05, 0) is 41.5 Å². The van der Waals surface area contributed by atoms with Gasteiger partial charge in [-0.2, -0.15) is 8.78 Å². The molecule has 0 aliphatic heterocycles. The van der Waals surface area contributed by atoms with Gasteiger partial charge in [-0.15, -0.1) is 0 Å². The Balaban J connectivity index is 1.61. The Morgan fingerprint density at radius 2 is 1.74 bits per heavy atom. The molecule has 0 radical (unpaired) electrons. The van der Waals surface area contributed by atoms with Gasteiger partial charge < -0.3 is 19.5 Å². The zero-order valence-corrected chi connectivity index (χ0v) is 16.9. The third-order valence-electron chi connectivity index (χ3n) is 4.62. The summed E-state index contributed by atoms with van der Waals surface area (Å²) in [6.07, 6.45) is 0. The van der Waals surface area contributed by atoms with Crippen molar-refractivity contribution in [3.63, 3.8) is 0 Å². The normalized spacial score (nSPS) is 11.8. The Kier molecular flexibility index (Phi) is 7.02. The highest BCUT2D eigenvalue weighted by Crippen LogP contribution is 2.29. The SMILES string of the molecule is COc1cc(C(=O)OCC(=O)NC(C)c2cccc3ccccc23)ccc1OC(F)F. The molecule has 3 aromatic rings. The number of methoxy groups -OCH3 is 1. The molecule has 1 N–H and O–H groups in total. The van der Waals surface area contributed by atoms with Gasteiger partial charge in [0.05, 0.1) is 18.7 Å². The Bertz CT molecular complexity index is 1080. The first-order valence-electron chi connectivity index (χ1n) is 9.46. The number of alkyl halides is 2. The molecule has 3 aromatic carbocycles. The molecule has 1 amide bonds. The number of fused-ring (bicyclic) bond motifs is 1. The van der Waals surface area contributed by atoms with E-state index in [9.17, 15) is 18.4 Å². The molecule has 0 saturated carbocycles. The number of rotatable bonds is 8. The standard InChI is InChI=1S/C23H21F2NO5/c1-14(17-9-5-7-15-6-3-4-8-18(15)17)26-21(27)13-30-22(28)16-10-11-19(31-23(24)25)20(12-16)29-2/h3-12,14,23H,13H2,1-2H3,(H,26,27). The summed E-state index contributed by atoms with van der Waals surface area (Å²) < 4.78 is 39.1. The van der Waals surface area contributed by atoms with E-state index in [1.807, 2.05) is 49.4 Å². The second-order valence-electron chi connectivity index (χ2n) is 6.68. The number of halogens is 2. The van der Waals surface area contributed by atoms with E-state index in [4.69, 9.17) is 9.47 Å². The Hall–Kier alpha value is -3.68. The van der Waals surface area contributed by atoms with Crippen LogP contribution in [0.3, 0.4) is 0 Å². The van der Waals surface area contributed by atoms with E-state index < -0.39 is 25.1 Å². The number of benzene rings is 3. The van der Waals surface area contributed by atoms with E-state index in [1.54, 1.807) is 0 Å². The van der Waals surface area contributed by atoms with Crippen LogP contribution >= 0.6 is 0 Å². The predicted octanol–water partition coefficient (Wildman–Crippen LogP) is 4.48. The molecule has 0 spiro atoms. The van der Waals surface area contributed by atoms with Gasteiger partial charge in [-0.3, -0.25) is 4.79 Å². The molecular formula is C23H21F2NO5. The maximum Gasteiger partial charge on any atom is 0.387 e. The summed E-state index contributed by atoms with van der Waals surface area (Å²) in [5.41, 5.74) is 0.977. The minimum atomic E-state index is -3.03. The molecule has 0 saturated heterocycles. The fourth-order valence-electron chi connectivity index (χ4n) is 3.19. The predicted molar refractivity (Wildman–Crippen MR) is 110 cm³/mol. The quantitative estimate of drug-likeness (QED) is 0.535. The Morgan fingerprint density at radius 3 is 2.48 bits per heavy atom. The second kappa shape index (κ2) is 9.88. The van der Waals surface area contributed by atoms with Gasteiger partial charge in [0.15, 0.2) is 18.1 Å². The van der Waals surface area contributed by atoms with Crippen LogP contribution in [-0.2, 0) is 9.53 Å². The van der Waals surface area contributed by atoms with E-state index in [0.29, 0.717) is 0 Å². The first-order valence-corrected chi connectivity index (χ1v) is 9.46. The highest BCUT2D eigenvalue weighted by Gasteiger charge is 2.17. The summed E-state index contributed by atoms with van der Waals surface area (Å²) in [6.45, 7) is -1.68. The van der Waals surface area contributed by atoms with E-state index in [2.05, 4.69) is 10.1 Å². The number of hydrogen-bond acceptors (Lipinski definition) is 5. The van der Waals surface area contributed by atoms with E-state index >= 15 is 0 Å². The van der Waals surface area contributed by atoms with E-state index in [0.717, 1.165) is 16.3 Å². The minimum absolute atomic E-state index is 0.0355. The van der Waals surface area contributed by atoms with Gasteiger partial charge in [0, 0.05) is 0 Å². The van der Waals surface area contributed by atoms with Crippen LogP contribution in [0.4, 0.5) is 8.78 Å². The number of carbonyl (C=O) groups excluding carboxylic acids is 2. The number of carbonyl (C=O) groups is 2. The molecule has 31 heavy (non-hydrogen) atoms. The zero-order valence-electron chi connectivity index (χ0n) is 16.9. The maximum atomic E-state index is 12.4. The molecule has 1 atom stereocenters. The molecule has 6 nitrogen and oxygen atoms in total. The number of amides is 1. The van der Waals surface area contributed by atoms with Crippen molar-refractivity contribution in [3.8, 4) is 11.5 Å². The average Bonchev–Trinajstić information content (AvgIpc) is 2.76. The number of hydrogen-bond donors (Lipinski definition) is 1. The fraction of sp³-hybridized carbons (Fsp3) is 0.217. The summed E-state index contributed by atoms with van der Waals surface area (Å²) >= 11 is 0. The summed E-state index contributed by atoms with van der Waals surface area (Å²) in [6, 6.07) is 17.0. The van der Waals surface area contributed by atoms with E-state index in [1.165, 1.54) is 25.3 Å². The number of esters is 1. The lowest BCUT2D eigenvalue weighted by Gasteiger charge is -2.17. The highest BCUT2D eigenvalue weighted by atomic mass is 19.3. The smallest absolute Gasteiger partial charge is 0.387 e. The fourth-order valence-corrected chi connectivity index (χ4v) is 3.19. The van der Waals surface area contributed by atoms with Crippen LogP contribution in [0.15, 0.2) is 60.7 Å². The van der Waals surface area contributed by atoms with Crippen molar-refractivity contribution in [2.75, 3.05) is 13.7 Å². The van der Waals surface area contributed by atoms with Crippen molar-refractivity contribution in [1.82, 2.24) is 5.32 Å². The Morgan fingerprint density at radius 1 is 1.00 bits per heavy atom. The minimum Gasteiger partial charge on any atom is -0.493 e. The van der Waals surface area contributed by atoms with Crippen molar-refractivity contribution in [2.24, 2.45) is 0 Å². The molecule has 0 aromatic heterocycles. The monoisotopic (exact) mass is 429 g/mol.